The summed E-state index contributed by atoms with van der Waals surface area (Å²) in [5.74, 6) is 0. The first kappa shape index (κ1) is 13.1. The first-order chi connectivity index (χ1) is 8.61. The van der Waals surface area contributed by atoms with Gasteiger partial charge in [-0.1, -0.05) is 11.6 Å². The van der Waals surface area contributed by atoms with E-state index >= 15 is 0 Å². The average molecular weight is 281 g/mol. The minimum absolute atomic E-state index is 0.482. The normalized spacial score (nSPS) is 10.4. The van der Waals surface area contributed by atoms with Gasteiger partial charge in [-0.05, 0) is 25.1 Å². The van der Waals surface area contributed by atoms with Crippen LogP contribution in [0.25, 0.3) is 0 Å². The molecule has 0 saturated carbocycles. The average Bonchev–Trinajstić information content (AvgIpc) is 2.75. The zero-order chi connectivity index (χ0) is 13.1. The first-order valence-electron chi connectivity index (χ1n) is 5.46. The van der Waals surface area contributed by atoms with Gasteiger partial charge in [0.15, 0.2) is 6.29 Å². The van der Waals surface area contributed by atoms with Crippen LogP contribution < -0.4 is 4.90 Å². The number of aryl methyl sites for hydroxylation is 1. The van der Waals surface area contributed by atoms with Gasteiger partial charge in [0.25, 0.3) is 0 Å². The Morgan fingerprint density at radius 1 is 1.50 bits per heavy atom. The third-order valence-electron chi connectivity index (χ3n) is 2.78. The molecule has 0 radical (unpaired) electrons. The predicted octanol–water partition coefficient (Wildman–Crippen LogP) is 3.55. The van der Waals surface area contributed by atoms with E-state index in [0.29, 0.717) is 10.6 Å². The molecule has 94 valence electrons. The summed E-state index contributed by atoms with van der Waals surface area (Å²) < 4.78 is 0. The highest BCUT2D eigenvalue weighted by Gasteiger charge is 2.08. The number of thiazole rings is 1. The zero-order valence-electron chi connectivity index (χ0n) is 10.2. The molecule has 2 rings (SSSR count). The van der Waals surface area contributed by atoms with Crippen molar-refractivity contribution in [3.63, 3.8) is 0 Å². The molecule has 0 bridgehead atoms. The maximum atomic E-state index is 10.7. The van der Waals surface area contributed by atoms with Crippen LogP contribution in [0.1, 0.15) is 20.9 Å². The van der Waals surface area contributed by atoms with Crippen molar-refractivity contribution < 1.29 is 4.79 Å². The molecule has 3 nitrogen and oxygen atoms in total. The summed E-state index contributed by atoms with van der Waals surface area (Å²) in [6.07, 6.45) is 0.763. The van der Waals surface area contributed by atoms with Gasteiger partial charge in [0.2, 0.25) is 0 Å². The number of anilines is 1. The summed E-state index contributed by atoms with van der Waals surface area (Å²) in [6.45, 7) is 2.79. The molecule has 0 saturated heterocycles. The number of aromatic nitrogens is 1. The molecule has 1 heterocycles. The molecule has 0 N–H and O–H groups in total. The maximum Gasteiger partial charge on any atom is 0.151 e. The second-order valence-electron chi connectivity index (χ2n) is 4.04. The van der Waals surface area contributed by atoms with Gasteiger partial charge in [0.05, 0.1) is 22.8 Å². The highest BCUT2D eigenvalue weighted by Crippen LogP contribution is 2.24. The molecule has 5 heteroatoms. The molecule has 1 aromatic heterocycles. The van der Waals surface area contributed by atoms with Gasteiger partial charge in [-0.25, -0.2) is 4.98 Å². The van der Waals surface area contributed by atoms with Crippen molar-refractivity contribution in [3.05, 3.63) is 44.9 Å². The highest BCUT2D eigenvalue weighted by molar-refractivity contribution is 7.09. The molecule has 0 aliphatic rings. The summed E-state index contributed by atoms with van der Waals surface area (Å²) in [6, 6.07) is 5.44. The van der Waals surface area contributed by atoms with Crippen molar-refractivity contribution in [2.24, 2.45) is 0 Å². The van der Waals surface area contributed by atoms with Crippen LogP contribution in [-0.2, 0) is 6.54 Å². The molecule has 2 aromatic rings. The molecule has 18 heavy (non-hydrogen) atoms. The lowest BCUT2D eigenvalue weighted by atomic mass is 10.2. The van der Waals surface area contributed by atoms with E-state index in [1.54, 1.807) is 17.4 Å². The lowest BCUT2D eigenvalue weighted by Crippen LogP contribution is -2.16. The number of nitrogens with zero attached hydrogens (tertiary/aromatic N) is 2. The number of hydrogen-bond donors (Lipinski definition) is 0. The van der Waals surface area contributed by atoms with Gasteiger partial charge >= 0.3 is 0 Å². The molecule has 0 spiro atoms. The Labute approximate surface area is 115 Å². The third-order valence-corrected chi connectivity index (χ3v) is 4.02. The second kappa shape index (κ2) is 5.50. The van der Waals surface area contributed by atoms with Crippen molar-refractivity contribution >= 4 is 34.9 Å². The van der Waals surface area contributed by atoms with E-state index in [9.17, 15) is 4.79 Å². The van der Waals surface area contributed by atoms with Gasteiger partial charge in [0, 0.05) is 23.2 Å². The number of rotatable bonds is 4. The van der Waals surface area contributed by atoms with Crippen molar-refractivity contribution in [2.75, 3.05) is 11.9 Å². The van der Waals surface area contributed by atoms with Crippen LogP contribution in [0, 0.1) is 6.92 Å². The Bertz CT molecular complexity index is 568. The summed E-state index contributed by atoms with van der Waals surface area (Å²) in [5.41, 5.74) is 4.41. The second-order valence-corrected chi connectivity index (χ2v) is 5.39. The maximum absolute atomic E-state index is 10.7. The number of aldehydes is 1. The Morgan fingerprint density at radius 3 is 2.83 bits per heavy atom. The van der Waals surface area contributed by atoms with E-state index in [1.807, 2.05) is 31.6 Å². The van der Waals surface area contributed by atoms with Gasteiger partial charge in [-0.15, -0.1) is 11.3 Å². The number of carbonyl (C=O) groups is 1. The Hall–Kier alpha value is -1.39. The summed E-state index contributed by atoms with van der Waals surface area (Å²) >= 11 is 7.66. The van der Waals surface area contributed by atoms with Gasteiger partial charge in [-0.2, -0.15) is 0 Å². The minimum atomic E-state index is 0.482. The fourth-order valence-electron chi connectivity index (χ4n) is 1.63. The van der Waals surface area contributed by atoms with Crippen molar-refractivity contribution in [2.45, 2.75) is 13.5 Å². The van der Waals surface area contributed by atoms with Crippen LogP contribution in [-0.4, -0.2) is 18.3 Å². The molecular weight excluding hydrogens is 268 g/mol. The quantitative estimate of drug-likeness (QED) is 0.803. The largest absolute Gasteiger partial charge is 0.369 e. The highest BCUT2D eigenvalue weighted by atomic mass is 35.5. The van der Waals surface area contributed by atoms with Crippen LogP contribution in [0.4, 0.5) is 5.69 Å². The number of benzene rings is 1. The van der Waals surface area contributed by atoms with E-state index in [4.69, 9.17) is 11.6 Å². The first-order valence-corrected chi connectivity index (χ1v) is 6.72. The van der Waals surface area contributed by atoms with Crippen LogP contribution >= 0.6 is 22.9 Å². The van der Waals surface area contributed by atoms with E-state index in [-0.39, 0.29) is 0 Å². The Balaban J connectivity index is 2.19. The van der Waals surface area contributed by atoms with Gasteiger partial charge in [-0.3, -0.25) is 4.79 Å². The van der Waals surface area contributed by atoms with Crippen molar-refractivity contribution in [1.29, 1.82) is 0 Å². The molecule has 0 unspecified atom stereocenters. The summed E-state index contributed by atoms with van der Waals surface area (Å²) in [4.78, 5) is 18.2. The van der Waals surface area contributed by atoms with Crippen LogP contribution in [0.2, 0.25) is 5.02 Å². The predicted molar refractivity (Wildman–Crippen MR) is 75.8 cm³/mol. The topological polar surface area (TPSA) is 33.2 Å². The third kappa shape index (κ3) is 2.71. The Morgan fingerprint density at radius 2 is 2.28 bits per heavy atom. The smallest absolute Gasteiger partial charge is 0.151 e. The SMILES string of the molecule is Cc1ncsc1CN(C)c1ccc(C=O)c(Cl)c1. The van der Waals surface area contributed by atoms with Crippen molar-refractivity contribution in [1.82, 2.24) is 4.98 Å². The summed E-state index contributed by atoms with van der Waals surface area (Å²) in [5, 5.41) is 0.482. The number of halogens is 1. The van der Waals surface area contributed by atoms with E-state index in [0.717, 1.165) is 24.2 Å². The fraction of sp³-hybridized carbons (Fsp3) is 0.231. The molecule has 0 atom stereocenters. The lowest BCUT2D eigenvalue weighted by Gasteiger charge is -2.19. The van der Waals surface area contributed by atoms with E-state index in [1.165, 1.54) is 4.88 Å². The molecule has 0 aliphatic carbocycles. The van der Waals surface area contributed by atoms with Crippen LogP contribution in [0.3, 0.4) is 0 Å². The van der Waals surface area contributed by atoms with E-state index < -0.39 is 0 Å². The minimum Gasteiger partial charge on any atom is -0.369 e. The van der Waals surface area contributed by atoms with Crippen LogP contribution in [0.15, 0.2) is 23.7 Å². The fourth-order valence-corrected chi connectivity index (χ4v) is 2.68. The number of hydrogen-bond acceptors (Lipinski definition) is 4. The molecule has 1 aromatic carbocycles. The zero-order valence-corrected chi connectivity index (χ0v) is 11.8. The monoisotopic (exact) mass is 280 g/mol. The standard InChI is InChI=1S/C13H13ClN2OS/c1-9-13(18-8-15-9)6-16(2)11-4-3-10(7-17)12(14)5-11/h3-5,7-8H,6H2,1-2H3. The Kier molecular flexibility index (Phi) is 3.99. The van der Waals surface area contributed by atoms with Crippen molar-refractivity contribution in [3.8, 4) is 0 Å². The summed E-state index contributed by atoms with van der Waals surface area (Å²) in [7, 11) is 1.99. The number of carbonyl (C=O) groups excluding carboxylic acids is 1. The van der Waals surface area contributed by atoms with Gasteiger partial charge in [0.1, 0.15) is 0 Å². The molecule has 0 fully saturated rings. The van der Waals surface area contributed by atoms with Crippen LogP contribution in [0.5, 0.6) is 0 Å². The molecule has 0 amide bonds. The lowest BCUT2D eigenvalue weighted by molar-refractivity contribution is 0.112. The van der Waals surface area contributed by atoms with Gasteiger partial charge < -0.3 is 4.90 Å². The van der Waals surface area contributed by atoms with E-state index in [2.05, 4.69) is 9.88 Å². The molecule has 0 aliphatic heterocycles. The molecular formula is C13H13ClN2OS.